The molecule has 0 aliphatic heterocycles. The lowest BCUT2D eigenvalue weighted by atomic mass is 10.3. The average molecular weight is 296 g/mol. The highest BCUT2D eigenvalue weighted by atomic mass is 32.2. The fraction of sp³-hybridized carbons (Fsp3) is 0.308. The topological polar surface area (TPSA) is 59.1 Å². The molecule has 0 fully saturated rings. The van der Waals surface area contributed by atoms with Crippen molar-refractivity contribution in [3.05, 3.63) is 40.3 Å². The summed E-state index contributed by atoms with van der Waals surface area (Å²) in [7, 11) is -3.21. The molecule has 1 aromatic heterocycles. The van der Waals surface area contributed by atoms with Crippen LogP contribution in [0, 0.1) is 0 Å². The average Bonchev–Trinajstić information content (AvgIpc) is 2.83. The summed E-state index contributed by atoms with van der Waals surface area (Å²) in [6.45, 7) is 2.65. The van der Waals surface area contributed by atoms with E-state index in [4.69, 9.17) is 0 Å². The van der Waals surface area contributed by atoms with Gasteiger partial charge in [-0.05, 0) is 18.6 Å². The van der Waals surface area contributed by atoms with Gasteiger partial charge >= 0.3 is 0 Å². The van der Waals surface area contributed by atoms with Gasteiger partial charge in [0.15, 0.2) is 9.84 Å². The summed E-state index contributed by atoms with van der Waals surface area (Å²) in [4.78, 5) is 5.70. The molecular formula is C13H16N2O2S2. The van der Waals surface area contributed by atoms with E-state index >= 15 is 0 Å². The van der Waals surface area contributed by atoms with Crippen molar-refractivity contribution in [3.63, 3.8) is 0 Å². The van der Waals surface area contributed by atoms with Crippen molar-refractivity contribution in [2.45, 2.75) is 24.8 Å². The molecule has 1 N–H and O–H groups in total. The molecule has 0 saturated carbocycles. The highest BCUT2D eigenvalue weighted by molar-refractivity contribution is 7.90. The van der Waals surface area contributed by atoms with Crippen LogP contribution in [0.4, 0.5) is 5.69 Å². The van der Waals surface area contributed by atoms with Crippen molar-refractivity contribution in [1.29, 1.82) is 0 Å². The Morgan fingerprint density at radius 3 is 2.68 bits per heavy atom. The summed E-state index contributed by atoms with van der Waals surface area (Å²) < 4.78 is 23.3. The third-order valence-corrected chi connectivity index (χ3v) is 4.94. The van der Waals surface area contributed by atoms with Crippen molar-refractivity contribution in [3.8, 4) is 0 Å². The van der Waals surface area contributed by atoms with Crippen LogP contribution in [-0.4, -0.2) is 19.7 Å². The van der Waals surface area contributed by atoms with Gasteiger partial charge in [0.25, 0.3) is 0 Å². The minimum Gasteiger partial charge on any atom is -0.379 e. The molecule has 2 aromatic rings. The van der Waals surface area contributed by atoms with Gasteiger partial charge in [-0.3, -0.25) is 0 Å². The van der Waals surface area contributed by atoms with Gasteiger partial charge in [-0.25, -0.2) is 13.4 Å². The van der Waals surface area contributed by atoms with Crippen LogP contribution in [0.1, 0.15) is 16.8 Å². The van der Waals surface area contributed by atoms with Crippen LogP contribution in [-0.2, 0) is 22.8 Å². The molecule has 0 aliphatic rings. The first-order valence-electron chi connectivity index (χ1n) is 5.97. The Hall–Kier alpha value is -1.40. The summed E-state index contributed by atoms with van der Waals surface area (Å²) in [6, 6.07) is 6.94. The molecule has 1 aromatic carbocycles. The Kier molecular flexibility index (Phi) is 4.21. The van der Waals surface area contributed by atoms with E-state index in [9.17, 15) is 8.42 Å². The predicted octanol–water partition coefficient (Wildman–Crippen LogP) is 2.72. The Morgan fingerprint density at radius 2 is 2.05 bits per heavy atom. The number of anilines is 1. The van der Waals surface area contributed by atoms with Gasteiger partial charge in [-0.15, -0.1) is 11.3 Å². The monoisotopic (exact) mass is 296 g/mol. The van der Waals surface area contributed by atoms with Gasteiger partial charge < -0.3 is 5.32 Å². The SMILES string of the molecule is CCc1ncc(CNc2ccccc2S(C)(=O)=O)s1. The molecule has 0 aliphatic carbocycles. The molecule has 19 heavy (non-hydrogen) atoms. The van der Waals surface area contributed by atoms with Gasteiger partial charge in [-0.1, -0.05) is 19.1 Å². The molecule has 0 bridgehead atoms. The number of hydrogen-bond acceptors (Lipinski definition) is 5. The van der Waals surface area contributed by atoms with E-state index in [2.05, 4.69) is 17.2 Å². The summed E-state index contributed by atoms with van der Waals surface area (Å²) >= 11 is 1.64. The number of nitrogens with zero attached hydrogens (tertiary/aromatic N) is 1. The summed E-state index contributed by atoms with van der Waals surface area (Å²) in [5.41, 5.74) is 0.636. The number of nitrogens with one attached hydrogen (secondary N) is 1. The second-order valence-corrected chi connectivity index (χ2v) is 7.38. The van der Waals surface area contributed by atoms with E-state index in [0.29, 0.717) is 17.1 Å². The molecule has 102 valence electrons. The lowest BCUT2D eigenvalue weighted by molar-refractivity contribution is 0.602. The number of sulfone groups is 1. The van der Waals surface area contributed by atoms with Crippen LogP contribution < -0.4 is 5.32 Å². The molecule has 0 amide bonds. The van der Waals surface area contributed by atoms with E-state index in [0.717, 1.165) is 16.3 Å². The second-order valence-electron chi connectivity index (χ2n) is 4.20. The van der Waals surface area contributed by atoms with E-state index in [1.54, 1.807) is 29.5 Å². The third-order valence-electron chi connectivity index (χ3n) is 2.64. The van der Waals surface area contributed by atoms with Crippen LogP contribution in [0.2, 0.25) is 0 Å². The van der Waals surface area contributed by atoms with Gasteiger partial charge in [0, 0.05) is 17.3 Å². The summed E-state index contributed by atoms with van der Waals surface area (Å²) in [6.07, 6.45) is 3.97. The zero-order valence-corrected chi connectivity index (χ0v) is 12.5. The zero-order chi connectivity index (χ0) is 13.9. The van der Waals surface area contributed by atoms with E-state index < -0.39 is 9.84 Å². The van der Waals surface area contributed by atoms with Gasteiger partial charge in [0.1, 0.15) is 0 Å². The van der Waals surface area contributed by atoms with E-state index in [1.807, 2.05) is 12.3 Å². The molecule has 1 heterocycles. The van der Waals surface area contributed by atoms with Gasteiger partial charge in [0.05, 0.1) is 22.1 Å². The number of thiazole rings is 1. The lowest BCUT2D eigenvalue weighted by Gasteiger charge is -2.09. The normalized spacial score (nSPS) is 11.5. The minimum atomic E-state index is -3.21. The number of benzene rings is 1. The zero-order valence-electron chi connectivity index (χ0n) is 10.9. The largest absolute Gasteiger partial charge is 0.379 e. The minimum absolute atomic E-state index is 0.329. The Bertz CT molecular complexity index is 663. The standard InChI is InChI=1S/C13H16N2O2S2/c1-3-13-15-9-10(18-13)8-14-11-6-4-5-7-12(11)19(2,16)17/h4-7,9,14H,3,8H2,1-2H3. The summed E-state index contributed by atoms with van der Waals surface area (Å²) in [5.74, 6) is 0. The molecule has 2 rings (SSSR count). The first-order chi connectivity index (χ1) is 9.00. The number of aromatic nitrogens is 1. The predicted molar refractivity (Wildman–Crippen MR) is 78.4 cm³/mol. The van der Waals surface area contributed by atoms with Crippen molar-refractivity contribution < 1.29 is 8.42 Å². The Labute approximate surface area is 117 Å². The van der Waals surface area contributed by atoms with Crippen LogP contribution in [0.5, 0.6) is 0 Å². The van der Waals surface area contributed by atoms with Crippen LogP contribution in [0.15, 0.2) is 35.4 Å². The quantitative estimate of drug-likeness (QED) is 0.921. The first kappa shape index (κ1) is 14.0. The van der Waals surface area contributed by atoms with E-state index in [-0.39, 0.29) is 0 Å². The van der Waals surface area contributed by atoms with Crippen molar-refractivity contribution >= 4 is 26.9 Å². The Morgan fingerprint density at radius 1 is 1.32 bits per heavy atom. The maximum absolute atomic E-state index is 11.7. The molecule has 0 radical (unpaired) electrons. The fourth-order valence-corrected chi connectivity index (χ4v) is 3.38. The molecule has 4 nitrogen and oxygen atoms in total. The van der Waals surface area contributed by atoms with Crippen LogP contribution >= 0.6 is 11.3 Å². The van der Waals surface area contributed by atoms with Crippen LogP contribution in [0.25, 0.3) is 0 Å². The molecule has 0 atom stereocenters. The molecule has 0 spiro atoms. The van der Waals surface area contributed by atoms with Crippen molar-refractivity contribution in [1.82, 2.24) is 4.98 Å². The number of rotatable bonds is 5. The van der Waals surface area contributed by atoms with Crippen LogP contribution in [0.3, 0.4) is 0 Å². The second kappa shape index (κ2) is 5.71. The molecule has 0 unspecified atom stereocenters. The number of para-hydroxylation sites is 1. The molecule has 6 heteroatoms. The van der Waals surface area contributed by atoms with Gasteiger partial charge in [0.2, 0.25) is 0 Å². The fourth-order valence-electron chi connectivity index (χ4n) is 1.71. The molecule has 0 saturated heterocycles. The number of aryl methyl sites for hydroxylation is 1. The maximum atomic E-state index is 11.7. The molecular weight excluding hydrogens is 280 g/mol. The maximum Gasteiger partial charge on any atom is 0.177 e. The van der Waals surface area contributed by atoms with E-state index in [1.165, 1.54) is 6.26 Å². The Balaban J connectivity index is 2.16. The number of hydrogen-bond donors (Lipinski definition) is 1. The summed E-state index contributed by atoms with van der Waals surface area (Å²) in [5, 5.41) is 4.26. The lowest BCUT2D eigenvalue weighted by Crippen LogP contribution is -2.05. The van der Waals surface area contributed by atoms with Crippen molar-refractivity contribution in [2.24, 2.45) is 0 Å². The third kappa shape index (κ3) is 3.54. The van der Waals surface area contributed by atoms with Gasteiger partial charge in [-0.2, -0.15) is 0 Å². The first-order valence-corrected chi connectivity index (χ1v) is 8.68. The highest BCUT2D eigenvalue weighted by Gasteiger charge is 2.12. The highest BCUT2D eigenvalue weighted by Crippen LogP contribution is 2.22. The smallest absolute Gasteiger partial charge is 0.177 e. The van der Waals surface area contributed by atoms with Crippen molar-refractivity contribution in [2.75, 3.05) is 11.6 Å².